The molecule has 1 amide bonds. The number of benzene rings is 2. The summed E-state index contributed by atoms with van der Waals surface area (Å²) in [5, 5.41) is 3.85. The fraction of sp³-hybridized carbons (Fsp3) is 0.350. The van der Waals surface area contributed by atoms with Crippen LogP contribution in [0.5, 0.6) is 5.75 Å². The molecule has 0 spiro atoms. The van der Waals surface area contributed by atoms with Crippen molar-refractivity contribution in [2.75, 3.05) is 31.4 Å². The number of ether oxygens (including phenoxy) is 1. The summed E-state index contributed by atoms with van der Waals surface area (Å²) in [6.07, 6.45) is 2.91. The normalized spacial score (nSPS) is 16.6. The number of halogens is 1. The highest BCUT2D eigenvalue weighted by Crippen LogP contribution is 2.33. The van der Waals surface area contributed by atoms with Gasteiger partial charge in [0, 0.05) is 34.6 Å². The Labute approximate surface area is 163 Å². The predicted octanol–water partition coefficient (Wildman–Crippen LogP) is 4.39. The largest absolute Gasteiger partial charge is 0.495 e. The summed E-state index contributed by atoms with van der Waals surface area (Å²) in [4.78, 5) is 16.0. The number of nitrogens with zero attached hydrogens (tertiary/aromatic N) is 1. The van der Waals surface area contributed by atoms with Gasteiger partial charge >= 0.3 is 0 Å². The molecule has 3 rings (SSSR count). The van der Waals surface area contributed by atoms with Crippen LogP contribution in [0.3, 0.4) is 0 Å². The van der Waals surface area contributed by atoms with Crippen LogP contribution in [0, 0.1) is 6.92 Å². The maximum atomic E-state index is 12.7. The van der Waals surface area contributed by atoms with Crippen molar-refractivity contribution in [2.24, 2.45) is 0 Å². The van der Waals surface area contributed by atoms with E-state index in [9.17, 15) is 4.79 Å². The molecule has 1 unspecified atom stereocenters. The van der Waals surface area contributed by atoms with Crippen molar-refractivity contribution in [1.82, 2.24) is 5.32 Å². The molecule has 4 nitrogen and oxygen atoms in total. The van der Waals surface area contributed by atoms with Crippen LogP contribution < -0.4 is 15.0 Å². The number of aryl methyl sites for hydroxylation is 1. The third kappa shape index (κ3) is 4.10. The minimum atomic E-state index is -0.0108. The van der Waals surface area contributed by atoms with Crippen LogP contribution in [0.25, 0.3) is 0 Å². The number of thioether (sulfide) groups is 1. The third-order valence-electron chi connectivity index (χ3n) is 4.69. The van der Waals surface area contributed by atoms with Crippen LogP contribution in [0.1, 0.15) is 22.3 Å². The van der Waals surface area contributed by atoms with E-state index in [0.29, 0.717) is 5.02 Å². The SMILES string of the molecule is COc1ccc(Cl)cc1N1CCC(NC(=O)c2cc(SC)ccc2C)C1. The molecule has 0 bridgehead atoms. The Hall–Kier alpha value is -1.85. The topological polar surface area (TPSA) is 41.6 Å². The number of hydrogen-bond acceptors (Lipinski definition) is 4. The van der Waals surface area contributed by atoms with Crippen molar-refractivity contribution in [3.05, 3.63) is 52.5 Å². The van der Waals surface area contributed by atoms with Gasteiger partial charge in [0.2, 0.25) is 0 Å². The lowest BCUT2D eigenvalue weighted by Crippen LogP contribution is -2.37. The molecule has 1 aliphatic heterocycles. The first-order valence-corrected chi connectivity index (χ1v) is 10.2. The number of rotatable bonds is 5. The third-order valence-corrected chi connectivity index (χ3v) is 5.65. The van der Waals surface area contributed by atoms with Gasteiger partial charge in [0.15, 0.2) is 0 Å². The van der Waals surface area contributed by atoms with Crippen molar-refractivity contribution in [2.45, 2.75) is 24.3 Å². The summed E-state index contributed by atoms with van der Waals surface area (Å²) in [5.41, 5.74) is 2.71. The Morgan fingerprint density at radius 2 is 2.12 bits per heavy atom. The molecular weight excluding hydrogens is 368 g/mol. The number of carbonyl (C=O) groups excluding carboxylic acids is 1. The molecule has 0 aromatic heterocycles. The van der Waals surface area contributed by atoms with Crippen LogP contribution in [0.2, 0.25) is 5.02 Å². The lowest BCUT2D eigenvalue weighted by Gasteiger charge is -2.22. The second-order valence-electron chi connectivity index (χ2n) is 6.40. The minimum Gasteiger partial charge on any atom is -0.495 e. The molecular formula is C20H23ClN2O2S. The number of anilines is 1. The van der Waals surface area contributed by atoms with E-state index in [1.165, 1.54) is 0 Å². The Morgan fingerprint density at radius 1 is 1.31 bits per heavy atom. The van der Waals surface area contributed by atoms with Gasteiger partial charge in [-0.05, 0) is 55.5 Å². The van der Waals surface area contributed by atoms with Crippen molar-refractivity contribution in [3.8, 4) is 5.75 Å². The quantitative estimate of drug-likeness (QED) is 0.769. The molecule has 1 N–H and O–H groups in total. The summed E-state index contributed by atoms with van der Waals surface area (Å²) < 4.78 is 5.45. The van der Waals surface area contributed by atoms with Gasteiger partial charge in [0.1, 0.15) is 5.75 Å². The molecule has 0 radical (unpaired) electrons. The van der Waals surface area contributed by atoms with Crippen LogP contribution >= 0.6 is 23.4 Å². The second-order valence-corrected chi connectivity index (χ2v) is 7.72. The van der Waals surface area contributed by atoms with Gasteiger partial charge < -0.3 is 15.0 Å². The maximum absolute atomic E-state index is 12.7. The van der Waals surface area contributed by atoms with Gasteiger partial charge in [-0.3, -0.25) is 4.79 Å². The molecule has 1 atom stereocenters. The van der Waals surface area contributed by atoms with Gasteiger partial charge in [-0.1, -0.05) is 17.7 Å². The second kappa shape index (κ2) is 8.23. The molecule has 0 aliphatic carbocycles. The van der Waals surface area contributed by atoms with Gasteiger partial charge in [-0.15, -0.1) is 11.8 Å². The molecule has 6 heteroatoms. The summed E-state index contributed by atoms with van der Waals surface area (Å²) in [5.74, 6) is 0.785. The number of carbonyl (C=O) groups is 1. The highest BCUT2D eigenvalue weighted by Gasteiger charge is 2.26. The smallest absolute Gasteiger partial charge is 0.251 e. The van der Waals surface area contributed by atoms with Crippen molar-refractivity contribution < 1.29 is 9.53 Å². The lowest BCUT2D eigenvalue weighted by atomic mass is 10.1. The molecule has 1 saturated heterocycles. The molecule has 2 aromatic rings. The maximum Gasteiger partial charge on any atom is 0.251 e. The standard InChI is InChI=1S/C20H23ClN2O2S/c1-13-4-6-16(26-3)11-17(13)20(24)22-15-8-9-23(12-15)18-10-14(21)5-7-19(18)25-2/h4-7,10-11,15H,8-9,12H2,1-3H3,(H,22,24). The molecule has 0 saturated carbocycles. The molecule has 26 heavy (non-hydrogen) atoms. The zero-order chi connectivity index (χ0) is 18.7. The fourth-order valence-corrected chi connectivity index (χ4v) is 3.85. The Bertz CT molecular complexity index is 812. The van der Waals surface area contributed by atoms with E-state index in [1.54, 1.807) is 18.9 Å². The van der Waals surface area contributed by atoms with E-state index < -0.39 is 0 Å². The van der Waals surface area contributed by atoms with Gasteiger partial charge in [0.05, 0.1) is 12.8 Å². The lowest BCUT2D eigenvalue weighted by molar-refractivity contribution is 0.0939. The van der Waals surface area contributed by atoms with Gasteiger partial charge in [0.25, 0.3) is 5.91 Å². The first-order valence-electron chi connectivity index (χ1n) is 8.56. The highest BCUT2D eigenvalue weighted by molar-refractivity contribution is 7.98. The highest BCUT2D eigenvalue weighted by atomic mass is 35.5. The van der Waals surface area contributed by atoms with E-state index >= 15 is 0 Å². The number of nitrogens with one attached hydrogen (secondary N) is 1. The van der Waals surface area contributed by atoms with Crippen LogP contribution in [-0.2, 0) is 0 Å². The number of methoxy groups -OCH3 is 1. The summed E-state index contributed by atoms with van der Waals surface area (Å²) in [6, 6.07) is 11.7. The molecule has 1 heterocycles. The number of amides is 1. The first-order chi connectivity index (χ1) is 12.5. The minimum absolute atomic E-state index is 0.0108. The van der Waals surface area contributed by atoms with E-state index in [4.69, 9.17) is 16.3 Å². The summed E-state index contributed by atoms with van der Waals surface area (Å²) >= 11 is 7.79. The van der Waals surface area contributed by atoms with E-state index in [1.807, 2.05) is 49.6 Å². The van der Waals surface area contributed by atoms with Crippen LogP contribution in [0.15, 0.2) is 41.3 Å². The monoisotopic (exact) mass is 390 g/mol. The average molecular weight is 391 g/mol. The van der Waals surface area contributed by atoms with Crippen molar-refractivity contribution in [1.29, 1.82) is 0 Å². The summed E-state index contributed by atoms with van der Waals surface area (Å²) in [6.45, 7) is 3.56. The first kappa shape index (κ1) is 18.9. The molecule has 2 aromatic carbocycles. The Morgan fingerprint density at radius 3 is 2.85 bits per heavy atom. The molecule has 138 valence electrons. The van der Waals surface area contributed by atoms with Crippen LogP contribution in [0.4, 0.5) is 5.69 Å². The average Bonchev–Trinajstić information content (AvgIpc) is 3.10. The number of hydrogen-bond donors (Lipinski definition) is 1. The van der Waals surface area contributed by atoms with Gasteiger partial charge in [-0.2, -0.15) is 0 Å². The zero-order valence-corrected chi connectivity index (χ0v) is 16.8. The molecule has 1 fully saturated rings. The predicted molar refractivity (Wildman–Crippen MR) is 109 cm³/mol. The van der Waals surface area contributed by atoms with Crippen LogP contribution in [-0.4, -0.2) is 38.4 Å². The Kier molecular flexibility index (Phi) is 5.99. The van der Waals surface area contributed by atoms with E-state index in [-0.39, 0.29) is 11.9 Å². The zero-order valence-electron chi connectivity index (χ0n) is 15.2. The summed E-state index contributed by atoms with van der Waals surface area (Å²) in [7, 11) is 1.66. The van der Waals surface area contributed by atoms with E-state index in [0.717, 1.165) is 47.0 Å². The van der Waals surface area contributed by atoms with Crippen molar-refractivity contribution in [3.63, 3.8) is 0 Å². The van der Waals surface area contributed by atoms with Gasteiger partial charge in [-0.25, -0.2) is 0 Å². The molecule has 1 aliphatic rings. The fourth-order valence-electron chi connectivity index (χ4n) is 3.24. The van der Waals surface area contributed by atoms with Crippen molar-refractivity contribution >= 4 is 35.0 Å². The van der Waals surface area contributed by atoms with E-state index in [2.05, 4.69) is 10.2 Å². The Balaban J connectivity index is 1.70.